The maximum absolute atomic E-state index is 13.2. The maximum Gasteiger partial charge on any atom is 0.237 e. The molecule has 2 amide bonds. The number of piperidine rings is 1. The monoisotopic (exact) mass is 407 g/mol. The molecule has 158 valence electrons. The maximum atomic E-state index is 13.2. The van der Waals surface area contributed by atoms with Gasteiger partial charge in [0, 0.05) is 32.3 Å². The Morgan fingerprint density at radius 3 is 2.50 bits per heavy atom. The number of nitrogens with one attached hydrogen (secondary N) is 1. The first kappa shape index (κ1) is 20.5. The van der Waals surface area contributed by atoms with Crippen LogP contribution in [0.1, 0.15) is 44.1 Å². The van der Waals surface area contributed by atoms with Crippen molar-refractivity contribution < 1.29 is 9.59 Å². The van der Waals surface area contributed by atoms with Crippen molar-refractivity contribution in [3.8, 4) is 0 Å². The third-order valence-corrected chi connectivity index (χ3v) is 6.19. The van der Waals surface area contributed by atoms with E-state index in [1.165, 1.54) is 5.56 Å². The largest absolute Gasteiger partial charge is 0.343 e. The van der Waals surface area contributed by atoms with Crippen molar-refractivity contribution in [1.82, 2.24) is 20.4 Å². The molecule has 1 N–H and O–H groups in total. The minimum absolute atomic E-state index is 0.0490. The van der Waals surface area contributed by atoms with Gasteiger partial charge in [-0.15, -0.1) is 5.10 Å². The molecule has 0 aliphatic carbocycles. The van der Waals surface area contributed by atoms with Crippen LogP contribution in [0, 0.1) is 5.92 Å². The summed E-state index contributed by atoms with van der Waals surface area (Å²) in [5, 5.41) is 11.4. The van der Waals surface area contributed by atoms with Gasteiger partial charge in [0.05, 0.1) is 11.6 Å². The summed E-state index contributed by atoms with van der Waals surface area (Å²) in [6.07, 6.45) is 4.98. The van der Waals surface area contributed by atoms with Gasteiger partial charge in [-0.05, 0) is 61.6 Å². The van der Waals surface area contributed by atoms with E-state index >= 15 is 0 Å². The highest BCUT2D eigenvalue weighted by Crippen LogP contribution is 2.32. The Hall–Kier alpha value is -2.80. The quantitative estimate of drug-likeness (QED) is 0.825. The summed E-state index contributed by atoms with van der Waals surface area (Å²) < 4.78 is 0. The Kier molecular flexibility index (Phi) is 6.38. The van der Waals surface area contributed by atoms with Crippen molar-refractivity contribution in [3.05, 3.63) is 48.2 Å². The van der Waals surface area contributed by atoms with Crippen LogP contribution in [0.4, 0.5) is 11.5 Å². The smallest absolute Gasteiger partial charge is 0.237 e. The van der Waals surface area contributed by atoms with Crippen molar-refractivity contribution >= 4 is 23.3 Å². The normalized spacial score (nSPS) is 19.6. The van der Waals surface area contributed by atoms with E-state index in [0.29, 0.717) is 24.7 Å². The fraction of sp³-hybridized carbons (Fsp3) is 0.478. The Labute approximate surface area is 177 Å². The zero-order chi connectivity index (χ0) is 20.9. The molecular formula is C23H29N5O2. The molecule has 1 aromatic carbocycles. The van der Waals surface area contributed by atoms with Crippen LogP contribution in [0.15, 0.2) is 42.6 Å². The van der Waals surface area contributed by atoms with Crippen LogP contribution >= 0.6 is 0 Å². The van der Waals surface area contributed by atoms with Crippen LogP contribution < -0.4 is 10.2 Å². The molecule has 2 aromatic rings. The number of benzene rings is 1. The number of anilines is 2. The molecule has 7 heteroatoms. The number of aromatic nitrogens is 2. The van der Waals surface area contributed by atoms with Gasteiger partial charge in [0.15, 0.2) is 5.82 Å². The highest BCUT2D eigenvalue weighted by Gasteiger charge is 2.30. The minimum Gasteiger partial charge on any atom is -0.343 e. The molecule has 0 spiro atoms. The van der Waals surface area contributed by atoms with E-state index in [0.717, 1.165) is 44.6 Å². The number of carbonyl (C=O) groups is 2. The molecule has 2 aliphatic rings. The number of hydrogen-bond acceptors (Lipinski definition) is 5. The number of hydrogen-bond donors (Lipinski definition) is 1. The van der Waals surface area contributed by atoms with Gasteiger partial charge in [0.25, 0.3) is 0 Å². The summed E-state index contributed by atoms with van der Waals surface area (Å²) in [5.41, 5.74) is 2.08. The van der Waals surface area contributed by atoms with E-state index in [-0.39, 0.29) is 17.7 Å². The average molecular weight is 408 g/mol. The summed E-state index contributed by atoms with van der Waals surface area (Å²) in [4.78, 5) is 28.8. The fourth-order valence-corrected chi connectivity index (χ4v) is 4.41. The second-order valence-electron chi connectivity index (χ2n) is 8.05. The Bertz CT molecular complexity index is 857. The van der Waals surface area contributed by atoms with E-state index in [1.54, 1.807) is 17.2 Å². The predicted molar refractivity (Wildman–Crippen MR) is 115 cm³/mol. The third kappa shape index (κ3) is 4.36. The lowest BCUT2D eigenvalue weighted by Crippen LogP contribution is -2.37. The van der Waals surface area contributed by atoms with Crippen molar-refractivity contribution in [2.45, 2.75) is 38.5 Å². The lowest BCUT2D eigenvalue weighted by atomic mass is 9.89. The van der Waals surface area contributed by atoms with Gasteiger partial charge in [-0.3, -0.25) is 14.5 Å². The first-order valence-corrected chi connectivity index (χ1v) is 10.9. The number of likely N-dealkylation sites (tertiary alicyclic amines) is 1. The molecule has 0 unspecified atom stereocenters. The topological polar surface area (TPSA) is 78.4 Å². The molecule has 3 heterocycles. The molecule has 30 heavy (non-hydrogen) atoms. The third-order valence-electron chi connectivity index (χ3n) is 6.19. The zero-order valence-corrected chi connectivity index (χ0v) is 17.5. The van der Waals surface area contributed by atoms with E-state index in [9.17, 15) is 9.59 Å². The van der Waals surface area contributed by atoms with Gasteiger partial charge in [-0.2, -0.15) is 5.10 Å². The van der Waals surface area contributed by atoms with E-state index < -0.39 is 0 Å². The number of carbonyl (C=O) groups excluding carboxylic acids is 2. The fourth-order valence-electron chi connectivity index (χ4n) is 4.41. The number of amides is 2. The molecule has 2 fully saturated rings. The lowest BCUT2D eigenvalue weighted by molar-refractivity contribution is -0.131. The van der Waals surface area contributed by atoms with Crippen LogP contribution in [0.2, 0.25) is 0 Å². The number of rotatable bonds is 5. The molecule has 0 radical (unpaired) electrons. The number of nitrogens with zero attached hydrogens (tertiary/aromatic N) is 4. The molecule has 1 aromatic heterocycles. The van der Waals surface area contributed by atoms with Crippen LogP contribution in [0.3, 0.4) is 0 Å². The predicted octanol–water partition coefficient (Wildman–Crippen LogP) is 2.87. The minimum atomic E-state index is -0.0490. The summed E-state index contributed by atoms with van der Waals surface area (Å²) in [6, 6.07) is 11.9. The van der Waals surface area contributed by atoms with Gasteiger partial charge in [0.2, 0.25) is 11.8 Å². The summed E-state index contributed by atoms with van der Waals surface area (Å²) >= 11 is 0. The Morgan fingerprint density at radius 1 is 1.13 bits per heavy atom. The van der Waals surface area contributed by atoms with E-state index in [1.807, 2.05) is 30.0 Å². The van der Waals surface area contributed by atoms with Crippen molar-refractivity contribution in [3.63, 3.8) is 0 Å². The van der Waals surface area contributed by atoms with Gasteiger partial charge in [-0.1, -0.05) is 19.1 Å². The summed E-state index contributed by atoms with van der Waals surface area (Å²) in [6.45, 7) is 5.11. The van der Waals surface area contributed by atoms with Crippen molar-refractivity contribution in [2.75, 3.05) is 31.1 Å². The SMILES string of the molecule is CCC(=O)N1CCC(c2ccc(N(C(=O)[C@H]3CCNC3)c3cccnn3)cc2)CC1. The molecule has 2 aliphatic heterocycles. The lowest BCUT2D eigenvalue weighted by Gasteiger charge is -2.32. The van der Waals surface area contributed by atoms with Gasteiger partial charge >= 0.3 is 0 Å². The molecule has 0 saturated carbocycles. The first-order valence-electron chi connectivity index (χ1n) is 10.9. The van der Waals surface area contributed by atoms with Crippen LogP contribution in [-0.4, -0.2) is 53.1 Å². The molecular weight excluding hydrogens is 378 g/mol. The highest BCUT2D eigenvalue weighted by molar-refractivity contribution is 6.01. The van der Waals surface area contributed by atoms with Crippen LogP contribution in [-0.2, 0) is 9.59 Å². The summed E-state index contributed by atoms with van der Waals surface area (Å²) in [7, 11) is 0. The zero-order valence-electron chi connectivity index (χ0n) is 17.5. The summed E-state index contributed by atoms with van der Waals surface area (Å²) in [5.74, 6) is 1.24. The Morgan fingerprint density at radius 2 is 1.90 bits per heavy atom. The van der Waals surface area contributed by atoms with Crippen LogP contribution in [0.25, 0.3) is 0 Å². The molecule has 2 saturated heterocycles. The second-order valence-corrected chi connectivity index (χ2v) is 8.05. The highest BCUT2D eigenvalue weighted by atomic mass is 16.2. The standard InChI is InChI=1S/C23H29N5O2/c1-2-22(29)27-14-10-18(11-15-27)17-5-7-20(8-6-17)28(21-4-3-12-25-26-21)23(30)19-9-13-24-16-19/h3-8,12,18-19,24H,2,9-11,13-16H2,1H3/t19-/m0/s1. The molecule has 7 nitrogen and oxygen atoms in total. The van der Waals surface area contributed by atoms with Gasteiger partial charge in [0.1, 0.15) is 0 Å². The van der Waals surface area contributed by atoms with Gasteiger partial charge in [-0.25, -0.2) is 0 Å². The van der Waals surface area contributed by atoms with E-state index in [2.05, 4.69) is 27.6 Å². The van der Waals surface area contributed by atoms with Crippen molar-refractivity contribution in [1.29, 1.82) is 0 Å². The van der Waals surface area contributed by atoms with Crippen LogP contribution in [0.5, 0.6) is 0 Å². The molecule has 1 atom stereocenters. The van der Waals surface area contributed by atoms with Crippen molar-refractivity contribution in [2.24, 2.45) is 5.92 Å². The first-order chi connectivity index (χ1) is 14.7. The second kappa shape index (κ2) is 9.34. The molecule has 0 bridgehead atoms. The Balaban J connectivity index is 1.51. The van der Waals surface area contributed by atoms with E-state index in [4.69, 9.17) is 0 Å². The van der Waals surface area contributed by atoms with Gasteiger partial charge < -0.3 is 10.2 Å². The molecule has 4 rings (SSSR count). The average Bonchev–Trinajstić information content (AvgIpc) is 3.35.